The molecule has 0 aliphatic carbocycles. The van der Waals surface area contributed by atoms with Gasteiger partial charge in [-0.15, -0.1) is 11.3 Å². The number of carbonyl (C=O) groups excluding carboxylic acids is 1. The Kier molecular flexibility index (Phi) is 5.03. The van der Waals surface area contributed by atoms with Crippen LogP contribution < -0.4 is 0 Å². The zero-order valence-corrected chi connectivity index (χ0v) is 17.3. The first-order valence-corrected chi connectivity index (χ1v) is 10.1. The first kappa shape index (κ1) is 18.8. The van der Waals surface area contributed by atoms with E-state index in [0.29, 0.717) is 17.9 Å². The third-order valence-corrected chi connectivity index (χ3v) is 6.31. The van der Waals surface area contributed by atoms with Crippen molar-refractivity contribution in [2.24, 2.45) is 0 Å². The van der Waals surface area contributed by atoms with E-state index in [4.69, 9.17) is 9.15 Å². The molecule has 0 N–H and O–H groups in total. The summed E-state index contributed by atoms with van der Waals surface area (Å²) < 4.78 is 10.0. The summed E-state index contributed by atoms with van der Waals surface area (Å²) in [4.78, 5) is 18.3. The molecule has 0 radical (unpaired) electrons. The van der Waals surface area contributed by atoms with Gasteiger partial charge in [0.1, 0.15) is 17.1 Å². The zero-order chi connectivity index (χ0) is 19.8. The maximum absolute atomic E-state index is 13.0. The number of aromatic nitrogens is 3. The summed E-state index contributed by atoms with van der Waals surface area (Å²) in [5.74, 6) is 0.892. The van der Waals surface area contributed by atoms with Gasteiger partial charge in [0.15, 0.2) is 0 Å². The van der Waals surface area contributed by atoms with Gasteiger partial charge in [-0.25, -0.2) is 4.63 Å². The second-order valence-electron chi connectivity index (χ2n) is 7.27. The van der Waals surface area contributed by atoms with Gasteiger partial charge in [0.25, 0.3) is 5.91 Å². The van der Waals surface area contributed by atoms with Crippen LogP contribution in [0.2, 0.25) is 0 Å². The second-order valence-corrected chi connectivity index (χ2v) is 8.24. The van der Waals surface area contributed by atoms with E-state index in [1.807, 2.05) is 26.2 Å². The molecule has 0 saturated carbocycles. The molecule has 8 nitrogen and oxygen atoms in total. The highest BCUT2D eigenvalue weighted by molar-refractivity contribution is 7.10. The van der Waals surface area contributed by atoms with Gasteiger partial charge in [0.2, 0.25) is 0 Å². The molecule has 3 aromatic rings. The molecule has 1 amide bonds. The molecular weight excluding hydrogens is 378 g/mol. The Morgan fingerprint density at radius 1 is 1.25 bits per heavy atom. The lowest BCUT2D eigenvalue weighted by Crippen LogP contribution is -2.32. The van der Waals surface area contributed by atoms with Gasteiger partial charge >= 0.3 is 0 Å². The Morgan fingerprint density at radius 2 is 2.07 bits per heavy atom. The Balaban J connectivity index is 1.46. The fraction of sp³-hybridized carbons (Fsp3) is 0.474. The van der Waals surface area contributed by atoms with Crippen molar-refractivity contribution in [3.05, 3.63) is 49.8 Å². The van der Waals surface area contributed by atoms with Crippen LogP contribution >= 0.6 is 11.3 Å². The van der Waals surface area contributed by atoms with Crippen LogP contribution in [0.25, 0.3) is 0 Å². The molecule has 4 heterocycles. The molecule has 3 aromatic heterocycles. The van der Waals surface area contributed by atoms with E-state index in [0.717, 1.165) is 48.6 Å². The number of fused-ring (bicyclic) bond motifs is 1. The molecule has 0 unspecified atom stereocenters. The molecule has 4 rings (SSSR count). The molecule has 28 heavy (non-hydrogen) atoms. The summed E-state index contributed by atoms with van der Waals surface area (Å²) in [5.41, 5.74) is 5.48. The third-order valence-electron chi connectivity index (χ3n) is 5.30. The molecule has 0 bridgehead atoms. The van der Waals surface area contributed by atoms with E-state index < -0.39 is 0 Å². The number of nitrogens with zero attached hydrogens (tertiary/aromatic N) is 5. The predicted octanol–water partition coefficient (Wildman–Crippen LogP) is 2.87. The number of amides is 1. The van der Waals surface area contributed by atoms with Gasteiger partial charge in [-0.3, -0.25) is 9.69 Å². The maximum atomic E-state index is 13.0. The zero-order valence-electron chi connectivity index (χ0n) is 16.5. The molecule has 1 aliphatic rings. The van der Waals surface area contributed by atoms with Crippen LogP contribution in [0.15, 0.2) is 14.5 Å². The van der Waals surface area contributed by atoms with E-state index in [2.05, 4.69) is 20.4 Å². The van der Waals surface area contributed by atoms with Crippen LogP contribution in [-0.4, -0.2) is 44.8 Å². The minimum atomic E-state index is 0.0130. The van der Waals surface area contributed by atoms with Gasteiger partial charge in [-0.2, -0.15) is 0 Å². The molecule has 0 saturated heterocycles. The van der Waals surface area contributed by atoms with E-state index in [9.17, 15) is 4.79 Å². The monoisotopic (exact) mass is 401 g/mol. The van der Waals surface area contributed by atoms with Crippen LogP contribution in [0.5, 0.6) is 0 Å². The molecule has 0 aromatic carbocycles. The standard InChI is InChI=1S/C19H23N5O3S/c1-11-15(13(3)26-20-11)7-24-6-5-14-16(10-28-18(14)9-24)19(25)23(4)8-17-12(2)21-27-22-17/h10H,5-9H2,1-4H3. The Bertz CT molecular complexity index is 986. The van der Waals surface area contributed by atoms with Crippen LogP contribution in [0.3, 0.4) is 0 Å². The van der Waals surface area contributed by atoms with Crippen molar-refractivity contribution >= 4 is 17.2 Å². The van der Waals surface area contributed by atoms with Gasteiger partial charge in [0.05, 0.1) is 17.8 Å². The maximum Gasteiger partial charge on any atom is 0.255 e. The lowest BCUT2D eigenvalue weighted by molar-refractivity contribution is 0.0780. The van der Waals surface area contributed by atoms with E-state index >= 15 is 0 Å². The fourth-order valence-electron chi connectivity index (χ4n) is 3.54. The molecular formula is C19H23N5O3S. The summed E-state index contributed by atoms with van der Waals surface area (Å²) in [7, 11) is 1.78. The number of rotatable bonds is 5. The summed E-state index contributed by atoms with van der Waals surface area (Å²) in [6.45, 7) is 8.71. The Hall–Kier alpha value is -2.52. The Morgan fingerprint density at radius 3 is 2.75 bits per heavy atom. The van der Waals surface area contributed by atoms with Crippen molar-refractivity contribution in [2.75, 3.05) is 13.6 Å². The highest BCUT2D eigenvalue weighted by Crippen LogP contribution is 2.31. The molecule has 0 fully saturated rings. The topological polar surface area (TPSA) is 88.5 Å². The summed E-state index contributed by atoms with van der Waals surface area (Å²) >= 11 is 1.66. The van der Waals surface area contributed by atoms with Gasteiger partial charge in [-0.1, -0.05) is 15.5 Å². The normalized spacial score (nSPS) is 14.3. The van der Waals surface area contributed by atoms with Crippen molar-refractivity contribution in [1.82, 2.24) is 25.3 Å². The van der Waals surface area contributed by atoms with E-state index in [1.165, 1.54) is 10.4 Å². The smallest absolute Gasteiger partial charge is 0.255 e. The van der Waals surface area contributed by atoms with Crippen molar-refractivity contribution in [3.8, 4) is 0 Å². The average Bonchev–Trinajstić information content (AvgIpc) is 3.36. The lowest BCUT2D eigenvalue weighted by Gasteiger charge is -2.27. The molecule has 9 heteroatoms. The first-order chi connectivity index (χ1) is 13.4. The fourth-order valence-corrected chi connectivity index (χ4v) is 4.66. The molecule has 148 valence electrons. The quantitative estimate of drug-likeness (QED) is 0.649. The SMILES string of the molecule is Cc1nonc1CN(C)C(=O)c1csc2c1CCN(Cc1c(C)noc1C)C2. The second kappa shape index (κ2) is 7.48. The number of aryl methyl sites for hydroxylation is 3. The minimum Gasteiger partial charge on any atom is -0.361 e. The highest BCUT2D eigenvalue weighted by Gasteiger charge is 2.27. The minimum absolute atomic E-state index is 0.0130. The summed E-state index contributed by atoms with van der Waals surface area (Å²) in [5, 5.41) is 13.7. The lowest BCUT2D eigenvalue weighted by atomic mass is 10.0. The van der Waals surface area contributed by atoms with Crippen LogP contribution in [0, 0.1) is 20.8 Å². The van der Waals surface area contributed by atoms with E-state index in [-0.39, 0.29) is 5.91 Å². The molecule has 0 spiro atoms. The summed E-state index contributed by atoms with van der Waals surface area (Å²) in [6.07, 6.45) is 0.863. The van der Waals surface area contributed by atoms with Gasteiger partial charge in [0, 0.05) is 42.5 Å². The van der Waals surface area contributed by atoms with Crippen molar-refractivity contribution in [3.63, 3.8) is 0 Å². The van der Waals surface area contributed by atoms with Crippen LogP contribution in [-0.2, 0) is 26.1 Å². The van der Waals surface area contributed by atoms with Gasteiger partial charge in [-0.05, 0) is 32.8 Å². The average molecular weight is 401 g/mol. The number of carbonyl (C=O) groups is 1. The number of hydrogen-bond acceptors (Lipinski definition) is 8. The van der Waals surface area contributed by atoms with E-state index in [1.54, 1.807) is 23.3 Å². The highest BCUT2D eigenvalue weighted by atomic mass is 32.1. The largest absolute Gasteiger partial charge is 0.361 e. The predicted molar refractivity (Wildman–Crippen MR) is 103 cm³/mol. The number of thiophene rings is 1. The van der Waals surface area contributed by atoms with Crippen molar-refractivity contribution in [1.29, 1.82) is 0 Å². The van der Waals surface area contributed by atoms with Crippen LogP contribution in [0.4, 0.5) is 0 Å². The first-order valence-electron chi connectivity index (χ1n) is 9.21. The van der Waals surface area contributed by atoms with Crippen molar-refractivity contribution in [2.45, 2.75) is 46.8 Å². The van der Waals surface area contributed by atoms with Gasteiger partial charge < -0.3 is 9.42 Å². The van der Waals surface area contributed by atoms with Crippen LogP contribution in [0.1, 0.15) is 49.2 Å². The van der Waals surface area contributed by atoms with Crippen molar-refractivity contribution < 1.29 is 13.9 Å². The number of hydrogen-bond donors (Lipinski definition) is 0. The summed E-state index contributed by atoms with van der Waals surface area (Å²) in [6, 6.07) is 0. The third kappa shape index (κ3) is 3.47. The molecule has 1 aliphatic heterocycles. The Labute approximate surface area is 167 Å². The molecule has 0 atom stereocenters.